The van der Waals surface area contributed by atoms with Crippen LogP contribution in [0.5, 0.6) is 0 Å². The number of carbonyl (C=O) groups is 4. The highest BCUT2D eigenvalue weighted by Crippen LogP contribution is 2.17. The molecule has 0 spiro atoms. The Bertz CT molecular complexity index is 911. The van der Waals surface area contributed by atoms with Gasteiger partial charge in [0, 0.05) is 11.3 Å². The molecule has 174 valence electrons. The van der Waals surface area contributed by atoms with Crippen LogP contribution in [-0.4, -0.2) is 48.7 Å². The summed E-state index contributed by atoms with van der Waals surface area (Å²) in [7, 11) is 1.22. The Kier molecular flexibility index (Phi) is 9.26. The van der Waals surface area contributed by atoms with E-state index in [-0.39, 0.29) is 11.5 Å². The summed E-state index contributed by atoms with van der Waals surface area (Å²) in [4.78, 5) is 49.2. The number of nitrogens with one attached hydrogen (secondary N) is 3. The molecular weight excluding hydrogens is 414 g/mol. The summed E-state index contributed by atoms with van der Waals surface area (Å²) < 4.78 is 9.90. The van der Waals surface area contributed by atoms with Gasteiger partial charge in [-0.25, -0.2) is 9.59 Å². The topological polar surface area (TPSA) is 123 Å². The van der Waals surface area contributed by atoms with Crippen molar-refractivity contribution < 1.29 is 28.7 Å². The second-order valence-electron chi connectivity index (χ2n) is 8.48. The minimum absolute atomic E-state index is 0.130. The molecule has 2 atom stereocenters. The molecule has 0 fully saturated rings. The molecule has 0 aliphatic rings. The maximum Gasteiger partial charge on any atom is 0.408 e. The first-order valence-corrected chi connectivity index (χ1v) is 10.1. The van der Waals surface area contributed by atoms with Crippen molar-refractivity contribution in [1.29, 1.82) is 0 Å². The van der Waals surface area contributed by atoms with Crippen LogP contribution < -0.4 is 16.0 Å². The third-order valence-electron chi connectivity index (χ3n) is 4.22. The average molecular weight is 446 g/mol. The molecule has 1 aromatic carbocycles. The number of carbonyl (C=O) groups excluding carboxylic acids is 4. The SMILES string of the molecule is C#Cc1ccc(NC(=O)[C@H](C)NC(=O)[C@@H](NC(=O)OC(C)(C)C)C(C)C)cc1C(=O)OC. The molecule has 0 aliphatic heterocycles. The molecule has 0 aromatic heterocycles. The van der Waals surface area contributed by atoms with Gasteiger partial charge in [-0.1, -0.05) is 19.8 Å². The Morgan fingerprint density at radius 1 is 1.03 bits per heavy atom. The average Bonchev–Trinajstić information content (AvgIpc) is 2.69. The number of rotatable bonds is 7. The molecule has 0 radical (unpaired) electrons. The number of ether oxygens (including phenoxy) is 2. The third-order valence-corrected chi connectivity index (χ3v) is 4.22. The van der Waals surface area contributed by atoms with Crippen LogP contribution in [0.25, 0.3) is 0 Å². The first-order chi connectivity index (χ1) is 14.8. The van der Waals surface area contributed by atoms with Gasteiger partial charge >= 0.3 is 12.1 Å². The smallest absolute Gasteiger partial charge is 0.408 e. The van der Waals surface area contributed by atoms with Crippen molar-refractivity contribution in [2.75, 3.05) is 12.4 Å². The molecule has 32 heavy (non-hydrogen) atoms. The quantitative estimate of drug-likeness (QED) is 0.438. The second-order valence-corrected chi connectivity index (χ2v) is 8.48. The van der Waals surface area contributed by atoms with Gasteiger partial charge in [-0.2, -0.15) is 0 Å². The standard InChI is InChI=1S/C23H31N3O6/c1-9-15-10-11-16(12-17(15)21(29)31-8)25-19(27)14(4)24-20(28)18(13(2)3)26-22(30)32-23(5,6)7/h1,10-14,18H,2-8H3,(H,24,28)(H,25,27)(H,26,30)/t14-,18-/m0/s1. The van der Waals surface area contributed by atoms with E-state index < -0.39 is 41.6 Å². The lowest BCUT2D eigenvalue weighted by molar-refractivity contribution is -0.128. The van der Waals surface area contributed by atoms with E-state index in [1.165, 1.54) is 32.2 Å². The summed E-state index contributed by atoms with van der Waals surface area (Å²) in [5.74, 6) is 0.427. The summed E-state index contributed by atoms with van der Waals surface area (Å²) in [6.07, 6.45) is 4.66. The molecule has 1 rings (SSSR count). The number of anilines is 1. The van der Waals surface area contributed by atoms with E-state index in [4.69, 9.17) is 15.9 Å². The highest BCUT2D eigenvalue weighted by Gasteiger charge is 2.29. The Morgan fingerprint density at radius 2 is 1.66 bits per heavy atom. The van der Waals surface area contributed by atoms with Crippen molar-refractivity contribution in [1.82, 2.24) is 10.6 Å². The molecule has 9 nitrogen and oxygen atoms in total. The van der Waals surface area contributed by atoms with Gasteiger partial charge in [-0.3, -0.25) is 9.59 Å². The van der Waals surface area contributed by atoms with Crippen LogP contribution in [0.4, 0.5) is 10.5 Å². The summed E-state index contributed by atoms with van der Waals surface area (Å²) in [6.45, 7) is 10.2. The maximum absolute atomic E-state index is 12.7. The van der Waals surface area contributed by atoms with E-state index in [2.05, 4.69) is 21.9 Å². The van der Waals surface area contributed by atoms with Crippen LogP contribution >= 0.6 is 0 Å². The van der Waals surface area contributed by atoms with Crippen LogP contribution in [0.3, 0.4) is 0 Å². The van der Waals surface area contributed by atoms with Crippen LogP contribution in [0.1, 0.15) is 57.5 Å². The van der Waals surface area contributed by atoms with Gasteiger partial charge in [0.05, 0.1) is 12.7 Å². The zero-order valence-electron chi connectivity index (χ0n) is 19.5. The normalized spacial score (nSPS) is 12.7. The predicted molar refractivity (Wildman–Crippen MR) is 120 cm³/mol. The number of esters is 1. The number of hydrogen-bond acceptors (Lipinski definition) is 6. The van der Waals surface area contributed by atoms with Crippen molar-refractivity contribution in [3.8, 4) is 12.3 Å². The van der Waals surface area contributed by atoms with Crippen LogP contribution in [-0.2, 0) is 19.1 Å². The van der Waals surface area contributed by atoms with Gasteiger partial charge in [0.1, 0.15) is 17.7 Å². The van der Waals surface area contributed by atoms with E-state index in [0.29, 0.717) is 11.3 Å². The minimum atomic E-state index is -0.932. The van der Waals surface area contributed by atoms with E-state index in [1.54, 1.807) is 34.6 Å². The van der Waals surface area contributed by atoms with Crippen molar-refractivity contribution >= 4 is 29.6 Å². The highest BCUT2D eigenvalue weighted by atomic mass is 16.6. The fraction of sp³-hybridized carbons (Fsp3) is 0.478. The molecule has 1 aromatic rings. The Morgan fingerprint density at radius 3 is 2.16 bits per heavy atom. The predicted octanol–water partition coefficient (Wildman–Crippen LogP) is 2.45. The molecule has 3 amide bonds. The Labute approximate surface area is 188 Å². The van der Waals surface area contributed by atoms with Crippen LogP contribution in [0, 0.1) is 18.3 Å². The summed E-state index contributed by atoms with van der Waals surface area (Å²) in [5, 5.41) is 7.72. The lowest BCUT2D eigenvalue weighted by Crippen LogP contribution is -2.54. The van der Waals surface area contributed by atoms with Gasteiger partial charge in [-0.05, 0) is 51.8 Å². The largest absolute Gasteiger partial charge is 0.465 e. The summed E-state index contributed by atoms with van der Waals surface area (Å²) >= 11 is 0. The molecule has 0 saturated carbocycles. The van der Waals surface area contributed by atoms with Gasteiger partial charge in [-0.15, -0.1) is 6.42 Å². The molecule has 0 heterocycles. The van der Waals surface area contributed by atoms with E-state index >= 15 is 0 Å². The number of alkyl carbamates (subject to hydrolysis) is 1. The number of terminal acetylenes is 1. The summed E-state index contributed by atoms with van der Waals surface area (Å²) in [5.41, 5.74) is 0.0470. The monoisotopic (exact) mass is 445 g/mol. The number of methoxy groups -OCH3 is 1. The first-order valence-electron chi connectivity index (χ1n) is 10.1. The van der Waals surface area contributed by atoms with Crippen molar-refractivity contribution in [3.63, 3.8) is 0 Å². The number of hydrogen-bond donors (Lipinski definition) is 3. The fourth-order valence-electron chi connectivity index (χ4n) is 2.62. The van der Waals surface area contributed by atoms with Gasteiger partial charge in [0.25, 0.3) is 0 Å². The fourth-order valence-corrected chi connectivity index (χ4v) is 2.62. The van der Waals surface area contributed by atoms with Crippen LogP contribution in [0.2, 0.25) is 0 Å². The van der Waals surface area contributed by atoms with E-state index in [1.807, 2.05) is 0 Å². The molecule has 0 aliphatic carbocycles. The molecule has 0 unspecified atom stereocenters. The van der Waals surface area contributed by atoms with Gasteiger partial charge < -0.3 is 25.4 Å². The maximum atomic E-state index is 12.7. The van der Waals surface area contributed by atoms with E-state index in [9.17, 15) is 19.2 Å². The molecule has 0 bridgehead atoms. The van der Waals surface area contributed by atoms with Crippen LogP contribution in [0.15, 0.2) is 18.2 Å². The zero-order chi connectivity index (χ0) is 24.6. The van der Waals surface area contributed by atoms with E-state index in [0.717, 1.165) is 0 Å². The highest BCUT2D eigenvalue weighted by molar-refractivity contribution is 6.00. The first kappa shape index (κ1) is 26.5. The van der Waals surface area contributed by atoms with Gasteiger partial charge in [0.15, 0.2) is 0 Å². The molecular formula is C23H31N3O6. The lowest BCUT2D eigenvalue weighted by atomic mass is 10.0. The Hall–Kier alpha value is -3.54. The molecule has 0 saturated heterocycles. The third kappa shape index (κ3) is 7.95. The number of benzene rings is 1. The lowest BCUT2D eigenvalue weighted by Gasteiger charge is -2.26. The zero-order valence-corrected chi connectivity index (χ0v) is 19.5. The van der Waals surface area contributed by atoms with Crippen molar-refractivity contribution in [2.45, 2.75) is 59.2 Å². The molecule has 9 heteroatoms. The summed E-state index contributed by atoms with van der Waals surface area (Å²) in [6, 6.07) is 2.60. The Balaban J connectivity index is 2.86. The minimum Gasteiger partial charge on any atom is -0.465 e. The molecule has 3 N–H and O–H groups in total. The van der Waals surface area contributed by atoms with Crippen molar-refractivity contribution in [3.05, 3.63) is 29.3 Å². The second kappa shape index (κ2) is 11.2. The van der Waals surface area contributed by atoms with Crippen molar-refractivity contribution in [2.24, 2.45) is 5.92 Å². The number of amides is 3. The van der Waals surface area contributed by atoms with Gasteiger partial charge in [0.2, 0.25) is 11.8 Å².